The van der Waals surface area contributed by atoms with Crippen molar-refractivity contribution in [3.05, 3.63) is 12.4 Å². The monoisotopic (exact) mass is 270 g/mol. The van der Waals surface area contributed by atoms with Crippen LogP contribution in [0, 0.1) is 0 Å². The summed E-state index contributed by atoms with van der Waals surface area (Å²) in [6, 6.07) is 0. The van der Waals surface area contributed by atoms with Gasteiger partial charge in [0.15, 0.2) is 10.9 Å². The van der Waals surface area contributed by atoms with Crippen LogP contribution in [-0.4, -0.2) is 21.2 Å². The largest absolute Gasteiger partial charge is 0.494 e. The van der Waals surface area contributed by atoms with Crippen LogP contribution in [0.3, 0.4) is 0 Å². The quantitative estimate of drug-likeness (QED) is 0.480. The molecule has 0 aliphatic rings. The first-order valence-corrected chi connectivity index (χ1v) is 4.74. The summed E-state index contributed by atoms with van der Waals surface area (Å²) in [5.41, 5.74) is 0. The summed E-state index contributed by atoms with van der Waals surface area (Å²) in [6.07, 6.45) is 2.65. The minimum absolute atomic E-state index is 0.0114. The molecule has 1 heterocycles. The molecule has 3 nitrogen and oxygen atoms in total. The number of aromatic nitrogens is 2. The molecule has 1 aromatic heterocycles. The summed E-state index contributed by atoms with van der Waals surface area (Å²) in [7, 11) is 1.45. The highest BCUT2D eigenvalue weighted by molar-refractivity contribution is 9.11. The molecule has 0 N–H and O–H groups in total. The van der Waals surface area contributed by atoms with Gasteiger partial charge in [0.25, 0.3) is 0 Å². The summed E-state index contributed by atoms with van der Waals surface area (Å²) < 4.78 is 26.4. The van der Waals surface area contributed by atoms with E-state index in [-0.39, 0.29) is 16.9 Å². The zero-order valence-corrected chi connectivity index (χ0v) is 8.90. The number of hydrogen-bond acceptors (Lipinski definition) is 4. The topological polar surface area (TPSA) is 35.0 Å². The Bertz CT molecular complexity index is 277. The molecular formula is C6H5BrF2N2OS. The molecule has 0 aliphatic heterocycles. The van der Waals surface area contributed by atoms with Crippen LogP contribution in [0.1, 0.15) is 0 Å². The minimum Gasteiger partial charge on any atom is -0.494 e. The van der Waals surface area contributed by atoms with E-state index in [1.165, 1.54) is 19.5 Å². The van der Waals surface area contributed by atoms with Crippen molar-refractivity contribution in [2.24, 2.45) is 0 Å². The van der Waals surface area contributed by atoms with E-state index in [0.717, 1.165) is 0 Å². The first-order chi connectivity index (χ1) is 6.01. The number of methoxy groups -OCH3 is 1. The zero-order valence-electron chi connectivity index (χ0n) is 6.50. The van der Waals surface area contributed by atoms with Gasteiger partial charge in [0.1, 0.15) is 0 Å². The van der Waals surface area contributed by atoms with E-state index in [1.807, 2.05) is 0 Å². The van der Waals surface area contributed by atoms with E-state index >= 15 is 0 Å². The number of nitrogens with zero attached hydrogens (tertiary/aromatic N) is 2. The summed E-state index contributed by atoms with van der Waals surface area (Å²) in [4.78, 5) is 7.30. The maximum absolute atomic E-state index is 12.4. The van der Waals surface area contributed by atoms with E-state index in [9.17, 15) is 8.78 Å². The molecule has 0 unspecified atom stereocenters. The molecule has 0 radical (unpaired) electrons. The number of halogens is 3. The van der Waals surface area contributed by atoms with E-state index in [2.05, 4.69) is 25.9 Å². The molecule has 0 aromatic carbocycles. The normalized spacial score (nSPS) is 11.4. The van der Waals surface area contributed by atoms with Crippen LogP contribution in [0.2, 0.25) is 0 Å². The van der Waals surface area contributed by atoms with Crippen LogP contribution in [0.15, 0.2) is 17.6 Å². The van der Waals surface area contributed by atoms with Gasteiger partial charge in [-0.15, -0.1) is 0 Å². The highest BCUT2D eigenvalue weighted by atomic mass is 79.9. The zero-order chi connectivity index (χ0) is 9.90. The molecule has 0 fully saturated rings. The van der Waals surface area contributed by atoms with Crippen molar-refractivity contribution in [2.75, 3.05) is 7.11 Å². The maximum Gasteiger partial charge on any atom is 0.356 e. The Morgan fingerprint density at radius 1 is 1.46 bits per heavy atom. The molecule has 0 saturated carbocycles. The van der Waals surface area contributed by atoms with Gasteiger partial charge >= 0.3 is 4.16 Å². The fraction of sp³-hybridized carbons (Fsp3) is 0.333. The second kappa shape index (κ2) is 4.19. The van der Waals surface area contributed by atoms with Crippen LogP contribution in [0.5, 0.6) is 5.75 Å². The van der Waals surface area contributed by atoms with Crippen molar-refractivity contribution in [3.63, 3.8) is 0 Å². The number of ether oxygens (including phenoxy) is 1. The first kappa shape index (κ1) is 10.6. The molecule has 13 heavy (non-hydrogen) atoms. The lowest BCUT2D eigenvalue weighted by molar-refractivity contribution is 0.220. The molecule has 0 atom stereocenters. The van der Waals surface area contributed by atoms with E-state index < -0.39 is 4.16 Å². The average Bonchev–Trinajstić information content (AvgIpc) is 2.03. The fourth-order valence-corrected chi connectivity index (χ4v) is 1.42. The van der Waals surface area contributed by atoms with Gasteiger partial charge in [-0.25, -0.2) is 9.97 Å². The Morgan fingerprint density at radius 2 is 2.00 bits per heavy atom. The highest BCUT2D eigenvalue weighted by Crippen LogP contribution is 2.38. The molecule has 72 valence electrons. The number of thioether (sulfide) groups is 1. The Balaban J connectivity index is 2.70. The molecule has 0 aliphatic carbocycles. The van der Waals surface area contributed by atoms with Gasteiger partial charge < -0.3 is 4.74 Å². The van der Waals surface area contributed by atoms with Crippen LogP contribution in [0.25, 0.3) is 0 Å². The van der Waals surface area contributed by atoms with Crippen molar-refractivity contribution in [1.82, 2.24) is 9.97 Å². The highest BCUT2D eigenvalue weighted by Gasteiger charge is 2.27. The Morgan fingerprint density at radius 3 is 2.38 bits per heavy atom. The van der Waals surface area contributed by atoms with Crippen LogP contribution in [0.4, 0.5) is 8.78 Å². The molecule has 0 spiro atoms. The maximum atomic E-state index is 12.4. The standard InChI is InChI=1S/C6H5BrF2N2OS/c1-12-4-2-10-5(11-3-4)13-6(7,8)9/h2-3H,1H3. The summed E-state index contributed by atoms with van der Waals surface area (Å²) >= 11 is 2.39. The first-order valence-electron chi connectivity index (χ1n) is 3.13. The third-order valence-corrected chi connectivity index (χ3v) is 2.16. The van der Waals surface area contributed by atoms with Gasteiger partial charge in [0.05, 0.1) is 19.5 Å². The van der Waals surface area contributed by atoms with Gasteiger partial charge in [0, 0.05) is 27.7 Å². The molecule has 0 bridgehead atoms. The van der Waals surface area contributed by atoms with Crippen molar-refractivity contribution in [3.8, 4) is 5.75 Å². The molecule has 1 aromatic rings. The SMILES string of the molecule is COc1cnc(SC(F)(F)Br)nc1. The van der Waals surface area contributed by atoms with Crippen LogP contribution < -0.4 is 4.74 Å². The number of rotatable bonds is 3. The lowest BCUT2D eigenvalue weighted by Crippen LogP contribution is -1.99. The van der Waals surface area contributed by atoms with Crippen molar-refractivity contribution >= 4 is 27.7 Å². The van der Waals surface area contributed by atoms with Gasteiger partial charge in [-0.05, 0) is 0 Å². The second-order valence-electron chi connectivity index (χ2n) is 1.95. The summed E-state index contributed by atoms with van der Waals surface area (Å²) in [5, 5.41) is -0.0114. The Labute approximate surface area is 86.0 Å². The van der Waals surface area contributed by atoms with Crippen molar-refractivity contribution < 1.29 is 13.5 Å². The molecule has 1 rings (SSSR count). The molecule has 7 heteroatoms. The third-order valence-electron chi connectivity index (χ3n) is 1.05. The molecule has 0 amide bonds. The smallest absolute Gasteiger partial charge is 0.356 e. The second-order valence-corrected chi connectivity index (χ2v) is 4.56. The van der Waals surface area contributed by atoms with Gasteiger partial charge in [0.2, 0.25) is 0 Å². The lowest BCUT2D eigenvalue weighted by atomic mass is 10.6. The number of alkyl halides is 3. The third kappa shape index (κ3) is 3.86. The Hall–Kier alpha value is -0.430. The average molecular weight is 271 g/mol. The predicted molar refractivity (Wildman–Crippen MR) is 48.3 cm³/mol. The minimum atomic E-state index is -3.04. The lowest BCUT2D eigenvalue weighted by Gasteiger charge is -2.05. The van der Waals surface area contributed by atoms with Crippen molar-refractivity contribution in [2.45, 2.75) is 9.32 Å². The van der Waals surface area contributed by atoms with E-state index in [0.29, 0.717) is 5.75 Å². The molecular weight excluding hydrogens is 266 g/mol. The van der Waals surface area contributed by atoms with Crippen LogP contribution in [-0.2, 0) is 0 Å². The van der Waals surface area contributed by atoms with E-state index in [1.54, 1.807) is 0 Å². The van der Waals surface area contributed by atoms with Gasteiger partial charge in [-0.2, -0.15) is 8.78 Å². The van der Waals surface area contributed by atoms with Crippen molar-refractivity contribution in [1.29, 1.82) is 0 Å². The summed E-state index contributed by atoms with van der Waals surface area (Å²) in [6.45, 7) is 0. The van der Waals surface area contributed by atoms with E-state index in [4.69, 9.17) is 4.74 Å². The Kier molecular flexibility index (Phi) is 3.43. The fourth-order valence-electron chi connectivity index (χ4n) is 0.566. The van der Waals surface area contributed by atoms with Gasteiger partial charge in [-0.1, -0.05) is 0 Å². The molecule has 0 saturated heterocycles. The number of hydrogen-bond donors (Lipinski definition) is 0. The summed E-state index contributed by atoms with van der Waals surface area (Å²) in [5.74, 6) is 0.433. The van der Waals surface area contributed by atoms with Crippen LogP contribution >= 0.6 is 27.7 Å². The predicted octanol–water partition coefficient (Wildman–Crippen LogP) is 2.52. The van der Waals surface area contributed by atoms with Gasteiger partial charge in [-0.3, -0.25) is 0 Å².